The number of rotatable bonds is 12. The van der Waals surface area contributed by atoms with E-state index in [1.165, 1.54) is 32.1 Å². The summed E-state index contributed by atoms with van der Waals surface area (Å²) in [5.74, 6) is 0.949. The number of carbonyl (C=O) groups is 2. The zero-order valence-electron chi connectivity index (χ0n) is 23.1. The number of guanidine groups is 1. The van der Waals surface area contributed by atoms with Gasteiger partial charge in [0, 0.05) is 18.1 Å². The predicted molar refractivity (Wildman–Crippen MR) is 157 cm³/mol. The predicted octanol–water partition coefficient (Wildman–Crippen LogP) is 5.94. The number of hydrogen-bond acceptors (Lipinski definition) is 4. The van der Waals surface area contributed by atoms with Crippen LogP contribution in [0.4, 0.5) is 4.79 Å². The highest BCUT2D eigenvalue weighted by Crippen LogP contribution is 2.39. The van der Waals surface area contributed by atoms with E-state index in [2.05, 4.69) is 17.6 Å². The number of amides is 3. The fraction of sp³-hybridized carbons (Fsp3) is 0.516. The van der Waals surface area contributed by atoms with Crippen molar-refractivity contribution < 1.29 is 9.59 Å². The molecule has 39 heavy (non-hydrogen) atoms. The van der Waals surface area contributed by atoms with Crippen LogP contribution in [0.2, 0.25) is 5.02 Å². The summed E-state index contributed by atoms with van der Waals surface area (Å²) < 4.78 is 0. The normalized spacial score (nSPS) is 19.7. The van der Waals surface area contributed by atoms with Gasteiger partial charge in [-0.1, -0.05) is 99.9 Å². The summed E-state index contributed by atoms with van der Waals surface area (Å²) in [6, 6.07) is 15.3. The maximum atomic E-state index is 13.7. The molecule has 0 saturated heterocycles. The van der Waals surface area contributed by atoms with Crippen molar-refractivity contribution in [1.29, 1.82) is 0 Å². The molecule has 1 aliphatic heterocycles. The van der Waals surface area contributed by atoms with Crippen molar-refractivity contribution in [3.8, 4) is 0 Å². The molecule has 2 aromatic rings. The summed E-state index contributed by atoms with van der Waals surface area (Å²) in [6.07, 6.45) is 10.5. The Morgan fingerprint density at radius 3 is 2.38 bits per heavy atom. The van der Waals surface area contributed by atoms with Crippen LogP contribution in [0.5, 0.6) is 0 Å². The summed E-state index contributed by atoms with van der Waals surface area (Å²) in [5, 5.41) is 6.48. The Labute approximate surface area is 237 Å². The lowest BCUT2D eigenvalue weighted by Gasteiger charge is -2.32. The molecule has 3 amide bonds. The van der Waals surface area contributed by atoms with Crippen molar-refractivity contribution in [3.05, 3.63) is 70.2 Å². The summed E-state index contributed by atoms with van der Waals surface area (Å²) in [5.41, 5.74) is 8.75. The molecule has 7 nitrogen and oxygen atoms in total. The highest BCUT2D eigenvalue weighted by atomic mass is 35.5. The lowest BCUT2D eigenvalue weighted by atomic mass is 9.77. The Bertz CT molecular complexity index is 1130. The monoisotopic (exact) mass is 551 g/mol. The van der Waals surface area contributed by atoms with Crippen molar-refractivity contribution >= 4 is 29.5 Å². The number of nitrogens with one attached hydrogen (secondary N) is 2. The number of benzene rings is 2. The van der Waals surface area contributed by atoms with E-state index in [-0.39, 0.29) is 11.9 Å². The molecule has 2 aliphatic rings. The van der Waals surface area contributed by atoms with Gasteiger partial charge in [0.05, 0.1) is 6.54 Å². The zero-order valence-corrected chi connectivity index (χ0v) is 23.8. The van der Waals surface area contributed by atoms with Crippen LogP contribution in [0.3, 0.4) is 0 Å². The first kappa shape index (κ1) is 28.9. The SMILES string of the molecule is CCCCC1(CC2CCCCC2)N=C(N)N(Cc2ccc(CNC(=O)NCCc3ccc(Cl)cc3)cc2)C1=O. The molecule has 1 aliphatic carbocycles. The summed E-state index contributed by atoms with van der Waals surface area (Å²) in [6.45, 7) is 3.52. The molecule has 1 atom stereocenters. The van der Waals surface area contributed by atoms with Crippen LogP contribution in [0, 0.1) is 5.92 Å². The first-order valence-corrected chi connectivity index (χ1v) is 14.8. The Morgan fingerprint density at radius 2 is 1.69 bits per heavy atom. The van der Waals surface area contributed by atoms with E-state index in [9.17, 15) is 9.59 Å². The van der Waals surface area contributed by atoms with Gasteiger partial charge in [-0.15, -0.1) is 0 Å². The number of carbonyl (C=O) groups excluding carboxylic acids is 2. The van der Waals surface area contributed by atoms with Crippen LogP contribution < -0.4 is 16.4 Å². The number of nitrogens with two attached hydrogens (primary N) is 1. The number of nitrogens with zero attached hydrogens (tertiary/aromatic N) is 2. The Kier molecular flexibility index (Phi) is 10.3. The highest BCUT2D eigenvalue weighted by Gasteiger charge is 2.48. The molecule has 1 fully saturated rings. The lowest BCUT2D eigenvalue weighted by molar-refractivity contribution is -0.132. The minimum absolute atomic E-state index is 0.0556. The number of urea groups is 1. The molecule has 1 heterocycles. The van der Waals surface area contributed by atoms with E-state index in [1.54, 1.807) is 4.90 Å². The van der Waals surface area contributed by atoms with E-state index < -0.39 is 5.54 Å². The van der Waals surface area contributed by atoms with Crippen LogP contribution in [-0.2, 0) is 24.3 Å². The Morgan fingerprint density at radius 1 is 1.03 bits per heavy atom. The number of halogens is 1. The smallest absolute Gasteiger partial charge is 0.315 e. The van der Waals surface area contributed by atoms with Gasteiger partial charge >= 0.3 is 6.03 Å². The molecule has 0 radical (unpaired) electrons. The van der Waals surface area contributed by atoms with Gasteiger partial charge in [0.15, 0.2) is 5.96 Å². The molecule has 8 heteroatoms. The molecular weight excluding hydrogens is 510 g/mol. The fourth-order valence-corrected chi connectivity index (χ4v) is 5.86. The second kappa shape index (κ2) is 13.8. The third-order valence-electron chi connectivity index (χ3n) is 7.97. The number of unbranched alkanes of at least 4 members (excludes halogenated alkanes) is 1. The third-order valence-corrected chi connectivity index (χ3v) is 8.22. The van der Waals surface area contributed by atoms with Crippen molar-refractivity contribution in [3.63, 3.8) is 0 Å². The van der Waals surface area contributed by atoms with E-state index in [0.717, 1.165) is 48.8 Å². The second-order valence-corrected chi connectivity index (χ2v) is 11.4. The van der Waals surface area contributed by atoms with Gasteiger partial charge < -0.3 is 16.4 Å². The van der Waals surface area contributed by atoms with Crippen molar-refractivity contribution in [1.82, 2.24) is 15.5 Å². The van der Waals surface area contributed by atoms with Gasteiger partial charge in [-0.25, -0.2) is 9.79 Å². The van der Waals surface area contributed by atoms with Gasteiger partial charge in [-0.3, -0.25) is 9.69 Å². The summed E-state index contributed by atoms with van der Waals surface area (Å²) in [7, 11) is 0. The van der Waals surface area contributed by atoms with Crippen LogP contribution in [-0.4, -0.2) is 34.9 Å². The molecule has 2 aromatic carbocycles. The van der Waals surface area contributed by atoms with Crippen LogP contribution in [0.1, 0.15) is 81.4 Å². The van der Waals surface area contributed by atoms with Gasteiger partial charge in [-0.2, -0.15) is 0 Å². The molecule has 0 aromatic heterocycles. The molecule has 4 N–H and O–H groups in total. The van der Waals surface area contributed by atoms with Crippen molar-refractivity contribution in [2.45, 2.75) is 89.8 Å². The fourth-order valence-electron chi connectivity index (χ4n) is 5.73. The molecule has 1 unspecified atom stereocenters. The van der Waals surface area contributed by atoms with Gasteiger partial charge in [-0.05, 0) is 54.0 Å². The maximum absolute atomic E-state index is 13.7. The number of aliphatic imine (C=N–C) groups is 1. The highest BCUT2D eigenvalue weighted by molar-refractivity contribution is 6.30. The lowest BCUT2D eigenvalue weighted by Crippen LogP contribution is -2.45. The quantitative estimate of drug-likeness (QED) is 0.304. The van der Waals surface area contributed by atoms with E-state index >= 15 is 0 Å². The molecule has 1 saturated carbocycles. The largest absolute Gasteiger partial charge is 0.369 e. The second-order valence-electron chi connectivity index (χ2n) is 11.0. The third kappa shape index (κ3) is 7.98. The molecular formula is C31H42ClN5O2. The van der Waals surface area contributed by atoms with Crippen molar-refractivity contribution in [2.24, 2.45) is 16.6 Å². The summed E-state index contributed by atoms with van der Waals surface area (Å²) >= 11 is 5.91. The van der Waals surface area contributed by atoms with Crippen LogP contribution in [0.25, 0.3) is 0 Å². The summed E-state index contributed by atoms with van der Waals surface area (Å²) in [4.78, 5) is 32.4. The molecule has 0 bridgehead atoms. The first-order valence-electron chi connectivity index (χ1n) is 14.4. The van der Waals surface area contributed by atoms with Gasteiger partial charge in [0.2, 0.25) is 0 Å². The average molecular weight is 552 g/mol. The maximum Gasteiger partial charge on any atom is 0.315 e. The Hall–Kier alpha value is -3.06. The van der Waals surface area contributed by atoms with E-state index in [4.69, 9.17) is 22.3 Å². The standard InChI is InChI=1S/C31H42ClN5O2/c1-2-3-18-31(20-24-7-5-4-6-8-24)28(38)37(29(33)36-31)22-26-11-9-25(10-12-26)21-35-30(39)34-19-17-23-13-15-27(32)16-14-23/h9-16,24H,2-8,17-22H2,1H3,(H2,33,36)(H2,34,35,39). The topological polar surface area (TPSA) is 99.8 Å². The minimum Gasteiger partial charge on any atom is -0.369 e. The average Bonchev–Trinajstić information content (AvgIpc) is 3.17. The van der Waals surface area contributed by atoms with Crippen LogP contribution in [0.15, 0.2) is 53.5 Å². The molecule has 0 spiro atoms. The zero-order chi connectivity index (χ0) is 27.7. The van der Waals surface area contributed by atoms with E-state index in [1.807, 2.05) is 48.5 Å². The van der Waals surface area contributed by atoms with Crippen molar-refractivity contribution in [2.75, 3.05) is 6.54 Å². The minimum atomic E-state index is -0.702. The molecule has 210 valence electrons. The van der Waals surface area contributed by atoms with E-state index in [0.29, 0.717) is 36.5 Å². The van der Waals surface area contributed by atoms with Gasteiger partial charge in [0.25, 0.3) is 5.91 Å². The molecule has 4 rings (SSSR count). The first-order chi connectivity index (χ1) is 18.9. The number of hydrogen-bond donors (Lipinski definition) is 3. The van der Waals surface area contributed by atoms with Crippen LogP contribution >= 0.6 is 11.6 Å². The van der Waals surface area contributed by atoms with Gasteiger partial charge in [0.1, 0.15) is 5.54 Å². The Balaban J connectivity index is 1.27.